The van der Waals surface area contributed by atoms with E-state index >= 15 is 0 Å². The molecule has 0 fully saturated rings. The van der Waals surface area contributed by atoms with Crippen molar-refractivity contribution < 1.29 is 14.3 Å². The highest BCUT2D eigenvalue weighted by Crippen LogP contribution is 2.46. The average Bonchev–Trinajstić information content (AvgIpc) is 2.51. The standard InChI is InChI=1S/C18H17BrO3/c1-10-8-15-17(11(2)18(10)19)13(9-16(20)22-15)12-6-4-5-7-14(12)21-3/h4-8,13H,9H2,1-3H3/t13-/m0/s1. The van der Waals surface area contributed by atoms with Gasteiger partial charge in [-0.25, -0.2) is 0 Å². The monoisotopic (exact) mass is 360 g/mol. The molecule has 2 aromatic rings. The van der Waals surface area contributed by atoms with Gasteiger partial charge in [0.25, 0.3) is 0 Å². The second kappa shape index (κ2) is 5.76. The van der Waals surface area contributed by atoms with Gasteiger partial charge in [0.15, 0.2) is 0 Å². The molecule has 4 heteroatoms. The molecule has 0 aliphatic carbocycles. The van der Waals surface area contributed by atoms with Crippen LogP contribution in [0.1, 0.15) is 34.6 Å². The SMILES string of the molecule is COc1ccccc1[C@@H]1CC(=O)Oc2cc(C)c(Br)c(C)c21. The summed E-state index contributed by atoms with van der Waals surface area (Å²) in [6, 6.07) is 9.76. The van der Waals surface area contributed by atoms with Crippen LogP contribution in [0.15, 0.2) is 34.8 Å². The Bertz CT molecular complexity index is 752. The summed E-state index contributed by atoms with van der Waals surface area (Å²) in [6.45, 7) is 4.05. The van der Waals surface area contributed by atoms with Crippen LogP contribution < -0.4 is 9.47 Å². The van der Waals surface area contributed by atoms with Crippen LogP contribution in [0.4, 0.5) is 0 Å². The van der Waals surface area contributed by atoms with Gasteiger partial charge >= 0.3 is 5.97 Å². The number of rotatable bonds is 2. The van der Waals surface area contributed by atoms with Crippen LogP contribution >= 0.6 is 15.9 Å². The largest absolute Gasteiger partial charge is 0.496 e. The van der Waals surface area contributed by atoms with Gasteiger partial charge in [-0.3, -0.25) is 4.79 Å². The van der Waals surface area contributed by atoms with E-state index in [1.165, 1.54) is 0 Å². The van der Waals surface area contributed by atoms with Crippen LogP contribution in [0, 0.1) is 13.8 Å². The molecule has 1 aliphatic heterocycles. The van der Waals surface area contributed by atoms with E-state index in [0.29, 0.717) is 12.2 Å². The molecule has 0 unspecified atom stereocenters. The number of halogens is 1. The molecule has 0 N–H and O–H groups in total. The number of carbonyl (C=O) groups excluding carboxylic acids is 1. The maximum atomic E-state index is 12.0. The van der Waals surface area contributed by atoms with Crippen molar-refractivity contribution in [3.8, 4) is 11.5 Å². The fourth-order valence-corrected chi connectivity index (χ4v) is 3.43. The second-order valence-electron chi connectivity index (χ2n) is 5.52. The van der Waals surface area contributed by atoms with E-state index in [2.05, 4.69) is 22.9 Å². The molecule has 0 radical (unpaired) electrons. The minimum Gasteiger partial charge on any atom is -0.496 e. The van der Waals surface area contributed by atoms with Crippen LogP contribution in [0.5, 0.6) is 11.5 Å². The van der Waals surface area contributed by atoms with E-state index in [-0.39, 0.29) is 11.9 Å². The topological polar surface area (TPSA) is 35.5 Å². The minimum atomic E-state index is -0.204. The van der Waals surface area contributed by atoms with Gasteiger partial charge < -0.3 is 9.47 Å². The summed E-state index contributed by atoms with van der Waals surface area (Å²) in [6.07, 6.45) is 0.323. The van der Waals surface area contributed by atoms with Crippen LogP contribution in [0.3, 0.4) is 0 Å². The normalized spacial score (nSPS) is 16.9. The lowest BCUT2D eigenvalue weighted by molar-refractivity contribution is -0.135. The zero-order chi connectivity index (χ0) is 15.9. The molecule has 0 saturated heterocycles. The predicted octanol–water partition coefficient (Wildman–Crippen LogP) is 4.52. The molecule has 0 bridgehead atoms. The van der Waals surface area contributed by atoms with Crippen molar-refractivity contribution in [1.82, 2.24) is 0 Å². The van der Waals surface area contributed by atoms with Gasteiger partial charge in [0.1, 0.15) is 11.5 Å². The zero-order valence-electron chi connectivity index (χ0n) is 12.8. The molecule has 22 heavy (non-hydrogen) atoms. The quantitative estimate of drug-likeness (QED) is 0.583. The van der Waals surface area contributed by atoms with Crippen molar-refractivity contribution in [2.24, 2.45) is 0 Å². The van der Waals surface area contributed by atoms with Crippen molar-refractivity contribution in [2.75, 3.05) is 7.11 Å². The van der Waals surface area contributed by atoms with E-state index in [0.717, 1.165) is 32.5 Å². The summed E-state index contributed by atoms with van der Waals surface area (Å²) in [4.78, 5) is 12.0. The Morgan fingerprint density at radius 3 is 2.73 bits per heavy atom. The van der Waals surface area contributed by atoms with Crippen molar-refractivity contribution >= 4 is 21.9 Å². The van der Waals surface area contributed by atoms with E-state index in [1.54, 1.807) is 7.11 Å². The van der Waals surface area contributed by atoms with E-state index in [4.69, 9.17) is 9.47 Å². The first kappa shape index (κ1) is 15.1. The molecule has 1 heterocycles. The average molecular weight is 361 g/mol. The Kier molecular flexibility index (Phi) is 3.96. The van der Waals surface area contributed by atoms with E-state index in [9.17, 15) is 4.79 Å². The Morgan fingerprint density at radius 1 is 1.27 bits per heavy atom. The number of hydrogen-bond acceptors (Lipinski definition) is 3. The lowest BCUT2D eigenvalue weighted by atomic mass is 9.83. The van der Waals surface area contributed by atoms with Crippen molar-refractivity contribution in [1.29, 1.82) is 0 Å². The Labute approximate surface area is 138 Å². The highest BCUT2D eigenvalue weighted by Gasteiger charge is 2.32. The molecule has 114 valence electrons. The molecule has 1 atom stereocenters. The fraction of sp³-hybridized carbons (Fsp3) is 0.278. The first-order valence-electron chi connectivity index (χ1n) is 7.16. The highest BCUT2D eigenvalue weighted by atomic mass is 79.9. The summed E-state index contributed by atoms with van der Waals surface area (Å²) in [7, 11) is 1.65. The van der Waals surface area contributed by atoms with Crippen LogP contribution in [0.2, 0.25) is 0 Å². The highest BCUT2D eigenvalue weighted by molar-refractivity contribution is 9.10. The van der Waals surface area contributed by atoms with Gasteiger partial charge in [-0.05, 0) is 37.1 Å². The third-order valence-electron chi connectivity index (χ3n) is 4.15. The third kappa shape index (κ3) is 2.41. The molecular weight excluding hydrogens is 344 g/mol. The Balaban J connectivity index is 2.24. The fourth-order valence-electron chi connectivity index (χ4n) is 3.11. The molecule has 1 aliphatic rings. The van der Waals surface area contributed by atoms with Crippen LogP contribution in [0.25, 0.3) is 0 Å². The predicted molar refractivity (Wildman–Crippen MR) is 88.7 cm³/mol. The number of methoxy groups -OCH3 is 1. The van der Waals surface area contributed by atoms with Crippen molar-refractivity contribution in [3.63, 3.8) is 0 Å². The number of benzene rings is 2. The van der Waals surface area contributed by atoms with Gasteiger partial charge in [-0.15, -0.1) is 0 Å². The van der Waals surface area contributed by atoms with E-state index in [1.807, 2.05) is 37.3 Å². The summed E-state index contributed by atoms with van der Waals surface area (Å²) < 4.78 is 12.0. The summed E-state index contributed by atoms with van der Waals surface area (Å²) >= 11 is 3.64. The van der Waals surface area contributed by atoms with E-state index < -0.39 is 0 Å². The second-order valence-corrected chi connectivity index (χ2v) is 6.31. The Morgan fingerprint density at radius 2 is 2.00 bits per heavy atom. The van der Waals surface area contributed by atoms with Crippen LogP contribution in [-0.4, -0.2) is 13.1 Å². The first-order chi connectivity index (χ1) is 10.5. The summed E-state index contributed by atoms with van der Waals surface area (Å²) in [5.41, 5.74) is 4.24. The number of carbonyl (C=O) groups is 1. The smallest absolute Gasteiger partial charge is 0.312 e. The van der Waals surface area contributed by atoms with Gasteiger partial charge in [0.05, 0.1) is 13.5 Å². The lowest BCUT2D eigenvalue weighted by Crippen LogP contribution is -2.22. The molecule has 0 amide bonds. The molecule has 0 spiro atoms. The summed E-state index contributed by atoms with van der Waals surface area (Å²) in [5.74, 6) is 1.20. The molecule has 0 saturated carbocycles. The number of aryl methyl sites for hydroxylation is 1. The third-order valence-corrected chi connectivity index (χ3v) is 5.37. The molecule has 0 aromatic heterocycles. The van der Waals surface area contributed by atoms with Gasteiger partial charge in [-0.1, -0.05) is 34.1 Å². The Hall–Kier alpha value is -1.81. The molecular formula is C18H17BrO3. The number of esters is 1. The zero-order valence-corrected chi connectivity index (χ0v) is 14.4. The van der Waals surface area contributed by atoms with Gasteiger partial charge in [-0.2, -0.15) is 0 Å². The van der Waals surface area contributed by atoms with Gasteiger partial charge in [0, 0.05) is 21.5 Å². The van der Waals surface area contributed by atoms with Crippen molar-refractivity contribution in [2.45, 2.75) is 26.2 Å². The molecule has 3 rings (SSSR count). The molecule has 3 nitrogen and oxygen atoms in total. The van der Waals surface area contributed by atoms with Crippen LogP contribution in [-0.2, 0) is 4.79 Å². The number of ether oxygens (including phenoxy) is 2. The number of para-hydroxylation sites is 1. The minimum absolute atomic E-state index is 0.0516. The maximum Gasteiger partial charge on any atom is 0.312 e. The first-order valence-corrected chi connectivity index (χ1v) is 7.95. The number of fused-ring (bicyclic) bond motifs is 1. The van der Waals surface area contributed by atoms with Crippen molar-refractivity contribution in [3.05, 3.63) is 57.1 Å². The molecule has 2 aromatic carbocycles. The number of hydrogen-bond donors (Lipinski definition) is 0. The lowest BCUT2D eigenvalue weighted by Gasteiger charge is -2.28. The summed E-state index contributed by atoms with van der Waals surface area (Å²) in [5, 5.41) is 0. The van der Waals surface area contributed by atoms with Gasteiger partial charge in [0.2, 0.25) is 0 Å². The maximum absolute atomic E-state index is 12.0.